The van der Waals surface area contributed by atoms with E-state index in [1.165, 1.54) is 23.9 Å². The van der Waals surface area contributed by atoms with Gasteiger partial charge < -0.3 is 19.9 Å². The highest BCUT2D eigenvalue weighted by atomic mass is 32.2. The minimum atomic E-state index is -3.98. The SMILES string of the molecule is Cc1ccc(S(=O)(=O)N[C@H](Cc2ccccc2)C(=O)NCc2ccccc2-c2ccc([C@@H]3O[C@H](CSc4ncccn4)C[C@H](c4ccc(CO)cc4)O3)cc2)cc1. The second kappa shape index (κ2) is 18.8. The summed E-state index contributed by atoms with van der Waals surface area (Å²) in [6, 6.07) is 40.3. The minimum absolute atomic E-state index is 0.0272. The Morgan fingerprint density at radius 1 is 0.807 bits per heavy atom. The van der Waals surface area contributed by atoms with Crippen LogP contribution in [0.2, 0.25) is 0 Å². The standard InChI is InChI=1S/C45H44N4O6S2/c1-31-12-22-39(23-13-31)57(52,53)49-41(26-32-8-3-2-4-9-32)43(51)48-28-37-10-5-6-11-40(37)34-18-20-36(21-19-34)44-54-38(30-56-45-46-24-7-25-47-45)27-42(55-44)35-16-14-33(29-50)15-17-35/h2-25,38,41-42,44,49-50H,26-30H2,1H3,(H,48,51)/t38-,41+,42+,44+/m0/s1. The lowest BCUT2D eigenvalue weighted by Gasteiger charge is -2.36. The van der Waals surface area contributed by atoms with E-state index in [2.05, 4.69) is 20.0 Å². The quantitative estimate of drug-likeness (QED) is 0.0713. The van der Waals surface area contributed by atoms with Crippen molar-refractivity contribution in [1.29, 1.82) is 0 Å². The summed E-state index contributed by atoms with van der Waals surface area (Å²) in [7, 11) is -3.98. The van der Waals surface area contributed by atoms with E-state index >= 15 is 0 Å². The van der Waals surface area contributed by atoms with Gasteiger partial charge in [-0.3, -0.25) is 4.79 Å². The molecule has 3 N–H and O–H groups in total. The third-order valence-corrected chi connectivity index (χ3v) is 12.2. The van der Waals surface area contributed by atoms with Crippen molar-refractivity contribution in [1.82, 2.24) is 20.0 Å². The number of nitrogens with zero attached hydrogens (tertiary/aromatic N) is 2. The van der Waals surface area contributed by atoms with Crippen LogP contribution in [0.1, 0.15) is 52.2 Å². The number of aromatic nitrogens is 2. The average molecular weight is 801 g/mol. The van der Waals surface area contributed by atoms with Crippen molar-refractivity contribution < 1.29 is 27.8 Å². The molecule has 7 rings (SSSR count). The molecule has 292 valence electrons. The Balaban J connectivity index is 1.06. The van der Waals surface area contributed by atoms with E-state index in [0.29, 0.717) is 17.3 Å². The molecule has 12 heteroatoms. The number of aliphatic hydroxyl groups excluding tert-OH is 1. The Morgan fingerprint density at radius 2 is 1.49 bits per heavy atom. The number of rotatable bonds is 15. The van der Waals surface area contributed by atoms with Gasteiger partial charge in [0, 0.05) is 36.7 Å². The molecule has 1 fully saturated rings. The van der Waals surface area contributed by atoms with Crippen LogP contribution in [-0.4, -0.2) is 47.3 Å². The Labute approximate surface area is 337 Å². The number of carbonyl (C=O) groups excluding carboxylic acids is 1. The topological polar surface area (TPSA) is 140 Å². The minimum Gasteiger partial charge on any atom is -0.392 e. The number of hydrogen-bond acceptors (Lipinski definition) is 9. The lowest BCUT2D eigenvalue weighted by Crippen LogP contribution is -2.47. The van der Waals surface area contributed by atoms with Gasteiger partial charge in [0.05, 0.1) is 23.7 Å². The molecule has 1 amide bonds. The molecule has 0 unspecified atom stereocenters. The smallest absolute Gasteiger partial charge is 0.241 e. The summed E-state index contributed by atoms with van der Waals surface area (Å²) < 4.78 is 42.5. The van der Waals surface area contributed by atoms with Crippen LogP contribution in [0.15, 0.2) is 156 Å². The molecule has 2 heterocycles. The number of sulfonamides is 1. The van der Waals surface area contributed by atoms with Gasteiger partial charge in [-0.15, -0.1) is 0 Å². The van der Waals surface area contributed by atoms with Crippen molar-refractivity contribution in [2.75, 3.05) is 5.75 Å². The first-order valence-electron chi connectivity index (χ1n) is 18.7. The van der Waals surface area contributed by atoms with E-state index < -0.39 is 28.3 Å². The summed E-state index contributed by atoms with van der Waals surface area (Å²) in [5.74, 6) is 0.213. The highest BCUT2D eigenvalue weighted by molar-refractivity contribution is 7.99. The Bertz CT molecular complexity index is 2330. The van der Waals surface area contributed by atoms with Gasteiger partial charge in [0.25, 0.3) is 0 Å². The first-order chi connectivity index (χ1) is 27.7. The lowest BCUT2D eigenvalue weighted by molar-refractivity contribution is -0.245. The Hall–Kier alpha value is -5.21. The predicted octanol–water partition coefficient (Wildman–Crippen LogP) is 7.49. The summed E-state index contributed by atoms with van der Waals surface area (Å²) in [4.78, 5) is 22.6. The molecule has 6 aromatic rings. The highest BCUT2D eigenvalue weighted by Gasteiger charge is 2.33. The molecule has 0 spiro atoms. The first kappa shape index (κ1) is 40.0. The number of carbonyl (C=O) groups is 1. The van der Waals surface area contributed by atoms with Gasteiger partial charge in [0.15, 0.2) is 11.4 Å². The number of aryl methyl sites for hydroxylation is 1. The molecular weight excluding hydrogens is 757 g/mol. The molecule has 0 aliphatic carbocycles. The molecule has 1 saturated heterocycles. The van der Waals surface area contributed by atoms with Gasteiger partial charge in [-0.2, -0.15) is 4.72 Å². The van der Waals surface area contributed by atoms with E-state index in [-0.39, 0.29) is 36.7 Å². The zero-order valence-electron chi connectivity index (χ0n) is 31.4. The Morgan fingerprint density at radius 3 is 2.21 bits per heavy atom. The second-order valence-corrected chi connectivity index (χ2v) is 16.6. The number of ether oxygens (including phenoxy) is 2. The van der Waals surface area contributed by atoms with E-state index in [9.17, 15) is 18.3 Å². The zero-order chi connectivity index (χ0) is 39.6. The number of amides is 1. The van der Waals surface area contributed by atoms with Crippen molar-refractivity contribution >= 4 is 27.7 Å². The fourth-order valence-corrected chi connectivity index (χ4v) is 8.66. The van der Waals surface area contributed by atoms with Gasteiger partial charge >= 0.3 is 0 Å². The molecule has 1 aromatic heterocycles. The molecule has 4 atom stereocenters. The maximum atomic E-state index is 13.8. The third-order valence-electron chi connectivity index (χ3n) is 9.75. The van der Waals surface area contributed by atoms with Gasteiger partial charge in [0.2, 0.25) is 15.9 Å². The largest absolute Gasteiger partial charge is 0.392 e. The molecule has 0 radical (unpaired) electrons. The lowest BCUT2D eigenvalue weighted by atomic mass is 9.97. The molecule has 0 saturated carbocycles. The van der Waals surface area contributed by atoms with E-state index in [4.69, 9.17) is 9.47 Å². The molecule has 10 nitrogen and oxygen atoms in total. The van der Waals surface area contributed by atoms with Crippen LogP contribution in [0.4, 0.5) is 0 Å². The van der Waals surface area contributed by atoms with Crippen LogP contribution >= 0.6 is 11.8 Å². The summed E-state index contributed by atoms with van der Waals surface area (Å²) in [6.45, 7) is 2.04. The monoisotopic (exact) mass is 800 g/mol. The molecule has 57 heavy (non-hydrogen) atoms. The van der Waals surface area contributed by atoms with Gasteiger partial charge in [-0.05, 0) is 64.9 Å². The summed E-state index contributed by atoms with van der Waals surface area (Å²) >= 11 is 1.54. The van der Waals surface area contributed by atoms with Gasteiger partial charge in [0.1, 0.15) is 6.04 Å². The van der Waals surface area contributed by atoms with Crippen LogP contribution < -0.4 is 10.0 Å². The van der Waals surface area contributed by atoms with Crippen LogP contribution in [0.25, 0.3) is 11.1 Å². The van der Waals surface area contributed by atoms with Crippen LogP contribution in [-0.2, 0) is 43.9 Å². The number of nitrogens with one attached hydrogen (secondary N) is 2. The molecular formula is C45H44N4O6S2. The average Bonchev–Trinajstić information content (AvgIpc) is 3.25. The van der Waals surface area contributed by atoms with Gasteiger partial charge in [-0.25, -0.2) is 18.4 Å². The van der Waals surface area contributed by atoms with Crippen LogP contribution in [0.5, 0.6) is 0 Å². The van der Waals surface area contributed by atoms with Crippen LogP contribution in [0.3, 0.4) is 0 Å². The zero-order valence-corrected chi connectivity index (χ0v) is 33.0. The van der Waals surface area contributed by atoms with Crippen LogP contribution in [0, 0.1) is 6.92 Å². The van der Waals surface area contributed by atoms with Crippen molar-refractivity contribution in [3.63, 3.8) is 0 Å². The molecule has 1 aliphatic heterocycles. The predicted molar refractivity (Wildman–Crippen MR) is 220 cm³/mol. The summed E-state index contributed by atoms with van der Waals surface area (Å²) in [5, 5.41) is 13.3. The number of aliphatic hydroxyl groups is 1. The second-order valence-electron chi connectivity index (χ2n) is 13.9. The molecule has 1 aliphatic rings. The maximum absolute atomic E-state index is 13.8. The molecule has 0 bridgehead atoms. The molecule has 5 aromatic carbocycles. The third kappa shape index (κ3) is 10.6. The highest BCUT2D eigenvalue weighted by Crippen LogP contribution is 2.40. The van der Waals surface area contributed by atoms with Crippen molar-refractivity contribution in [2.45, 2.75) is 67.5 Å². The fraction of sp³-hybridized carbons (Fsp3) is 0.222. The van der Waals surface area contributed by atoms with Crippen molar-refractivity contribution in [2.24, 2.45) is 0 Å². The van der Waals surface area contributed by atoms with Crippen molar-refractivity contribution in [3.05, 3.63) is 179 Å². The normalized spacial score (nSPS) is 17.5. The summed E-state index contributed by atoms with van der Waals surface area (Å²) in [6.07, 6.45) is 3.28. The number of benzene rings is 5. The Kier molecular flexibility index (Phi) is 13.2. The summed E-state index contributed by atoms with van der Waals surface area (Å²) in [5.41, 5.74) is 7.20. The first-order valence-corrected chi connectivity index (χ1v) is 21.2. The van der Waals surface area contributed by atoms with E-state index in [1.54, 1.807) is 30.6 Å². The maximum Gasteiger partial charge on any atom is 0.241 e. The van der Waals surface area contributed by atoms with Gasteiger partial charge in [-0.1, -0.05) is 133 Å². The van der Waals surface area contributed by atoms with E-state index in [0.717, 1.165) is 44.5 Å². The van der Waals surface area contributed by atoms with Crippen molar-refractivity contribution in [3.8, 4) is 11.1 Å². The van der Waals surface area contributed by atoms with E-state index in [1.807, 2.05) is 110 Å². The number of thioether (sulfide) groups is 1. The fourth-order valence-electron chi connectivity index (χ4n) is 6.64. The number of hydrogen-bond donors (Lipinski definition) is 3.